The third-order valence-corrected chi connectivity index (χ3v) is 4.58. The Morgan fingerprint density at radius 3 is 2.37 bits per heavy atom. The van der Waals surface area contributed by atoms with Gasteiger partial charge in [0.2, 0.25) is 0 Å². The average Bonchev–Trinajstić information content (AvgIpc) is 2.60. The predicted octanol–water partition coefficient (Wildman–Crippen LogP) is 4.82. The lowest BCUT2D eigenvalue weighted by atomic mass is 10.0. The Balaban J connectivity index is 0.00000225. The number of aryl methyl sites for hydroxylation is 1. The molecule has 150 valence electrons. The number of hydrogen-bond acceptors (Lipinski definition) is 3. The molecule has 0 aliphatic rings. The molecule has 0 atom stereocenters. The van der Waals surface area contributed by atoms with Gasteiger partial charge in [0.1, 0.15) is 0 Å². The highest BCUT2D eigenvalue weighted by molar-refractivity contribution is 5.95. The molecule has 1 aromatic heterocycles. The van der Waals surface area contributed by atoms with Crippen LogP contribution in [0.15, 0.2) is 41.2 Å². The molecule has 2 aromatic carbocycles. The standard InChI is InChI=1S/C20H25N3O.3ClH/c1-3-12-23(13-6-11-21)18-10-9-16-19(14(18)2)22-17-8-5-4-7-15(17)20(16)24;;;/h4-5,7-10H,3,6,11-13,21H2,1-2H3,(H,22,24);3*1H. The van der Waals surface area contributed by atoms with Crippen molar-refractivity contribution < 1.29 is 0 Å². The number of nitrogens with two attached hydrogens (primary N) is 1. The third-order valence-electron chi connectivity index (χ3n) is 4.58. The van der Waals surface area contributed by atoms with Crippen LogP contribution < -0.4 is 16.1 Å². The van der Waals surface area contributed by atoms with E-state index in [1.165, 1.54) is 5.69 Å². The van der Waals surface area contributed by atoms with Gasteiger partial charge < -0.3 is 15.6 Å². The molecular formula is C20H28Cl3N3O. The Morgan fingerprint density at radius 1 is 1.00 bits per heavy atom. The van der Waals surface area contributed by atoms with Crippen molar-refractivity contribution >= 4 is 64.7 Å². The van der Waals surface area contributed by atoms with Crippen LogP contribution in [0.2, 0.25) is 0 Å². The van der Waals surface area contributed by atoms with Crippen LogP contribution in [0.25, 0.3) is 21.8 Å². The Bertz CT molecular complexity index is 927. The summed E-state index contributed by atoms with van der Waals surface area (Å²) in [6, 6.07) is 11.7. The number of hydrogen-bond donors (Lipinski definition) is 2. The lowest BCUT2D eigenvalue weighted by Gasteiger charge is -2.26. The number of nitrogens with zero attached hydrogens (tertiary/aromatic N) is 1. The summed E-state index contributed by atoms with van der Waals surface area (Å²) in [5.74, 6) is 0. The van der Waals surface area contributed by atoms with Crippen molar-refractivity contribution in [1.29, 1.82) is 0 Å². The highest BCUT2D eigenvalue weighted by Gasteiger charge is 2.13. The fourth-order valence-electron chi connectivity index (χ4n) is 3.37. The molecular weight excluding hydrogens is 405 g/mol. The molecule has 0 saturated heterocycles. The second kappa shape index (κ2) is 11.4. The molecule has 0 fully saturated rings. The SMILES string of the molecule is CCCN(CCCN)c1ccc2c(=O)c3ccccc3[nH]c2c1C.Cl.Cl.Cl. The molecule has 3 rings (SSSR count). The van der Waals surface area contributed by atoms with E-state index in [0.29, 0.717) is 6.54 Å². The van der Waals surface area contributed by atoms with Gasteiger partial charge in [-0.2, -0.15) is 0 Å². The maximum atomic E-state index is 12.8. The van der Waals surface area contributed by atoms with Gasteiger partial charge in [0.25, 0.3) is 0 Å². The molecule has 0 bridgehead atoms. The van der Waals surface area contributed by atoms with Gasteiger partial charge in [0.05, 0.1) is 5.52 Å². The lowest BCUT2D eigenvalue weighted by molar-refractivity contribution is 0.719. The Kier molecular flexibility index (Phi) is 10.8. The number of nitrogens with one attached hydrogen (secondary N) is 1. The summed E-state index contributed by atoms with van der Waals surface area (Å²) >= 11 is 0. The van der Waals surface area contributed by atoms with Gasteiger partial charge >= 0.3 is 0 Å². The van der Waals surface area contributed by atoms with E-state index in [1.807, 2.05) is 30.3 Å². The molecule has 3 aromatic rings. The number of para-hydroxylation sites is 1. The second-order valence-electron chi connectivity index (χ2n) is 6.26. The van der Waals surface area contributed by atoms with Crippen LogP contribution in [-0.4, -0.2) is 24.6 Å². The van der Waals surface area contributed by atoms with Crippen molar-refractivity contribution in [3.8, 4) is 0 Å². The van der Waals surface area contributed by atoms with Crippen LogP contribution in [-0.2, 0) is 0 Å². The smallest absolute Gasteiger partial charge is 0.197 e. The number of benzene rings is 2. The van der Waals surface area contributed by atoms with Crippen molar-refractivity contribution in [2.45, 2.75) is 26.7 Å². The van der Waals surface area contributed by atoms with Gasteiger partial charge in [0, 0.05) is 35.1 Å². The van der Waals surface area contributed by atoms with Gasteiger partial charge in [-0.05, 0) is 56.1 Å². The Labute approximate surface area is 178 Å². The number of anilines is 1. The summed E-state index contributed by atoms with van der Waals surface area (Å²) in [6.07, 6.45) is 2.04. The fraction of sp³-hybridized carbons (Fsp3) is 0.350. The van der Waals surface area contributed by atoms with Gasteiger partial charge in [0.15, 0.2) is 5.43 Å². The molecule has 27 heavy (non-hydrogen) atoms. The van der Waals surface area contributed by atoms with E-state index in [4.69, 9.17) is 5.73 Å². The van der Waals surface area contributed by atoms with Gasteiger partial charge in [-0.3, -0.25) is 4.79 Å². The van der Waals surface area contributed by atoms with E-state index < -0.39 is 0 Å². The first-order valence-corrected chi connectivity index (χ1v) is 8.66. The van der Waals surface area contributed by atoms with Crippen LogP contribution in [0.5, 0.6) is 0 Å². The summed E-state index contributed by atoms with van der Waals surface area (Å²) < 4.78 is 0. The largest absolute Gasteiger partial charge is 0.371 e. The molecule has 4 nitrogen and oxygen atoms in total. The van der Waals surface area contributed by atoms with Crippen LogP contribution in [0.3, 0.4) is 0 Å². The minimum absolute atomic E-state index is 0. The molecule has 1 heterocycles. The van der Waals surface area contributed by atoms with Crippen LogP contribution in [0, 0.1) is 6.92 Å². The van der Waals surface area contributed by atoms with Crippen molar-refractivity contribution in [3.63, 3.8) is 0 Å². The number of H-pyrrole nitrogens is 1. The van der Waals surface area contributed by atoms with E-state index in [2.05, 4.69) is 29.8 Å². The van der Waals surface area contributed by atoms with Crippen LogP contribution in [0.4, 0.5) is 5.69 Å². The van der Waals surface area contributed by atoms with Crippen molar-refractivity contribution in [2.75, 3.05) is 24.5 Å². The van der Waals surface area contributed by atoms with E-state index in [0.717, 1.165) is 53.3 Å². The van der Waals surface area contributed by atoms with Gasteiger partial charge in [-0.15, -0.1) is 37.2 Å². The summed E-state index contributed by atoms with van der Waals surface area (Å²) in [7, 11) is 0. The van der Waals surface area contributed by atoms with Gasteiger partial charge in [-0.25, -0.2) is 0 Å². The molecule has 0 unspecified atom stereocenters. The highest BCUT2D eigenvalue weighted by Crippen LogP contribution is 2.27. The molecule has 0 aliphatic carbocycles. The Hall–Kier alpha value is -1.46. The third kappa shape index (κ3) is 5.08. The van der Waals surface area contributed by atoms with E-state index in [1.54, 1.807) is 0 Å². The Morgan fingerprint density at radius 2 is 1.70 bits per heavy atom. The molecule has 0 spiro atoms. The van der Waals surface area contributed by atoms with Crippen molar-refractivity contribution in [1.82, 2.24) is 4.98 Å². The zero-order chi connectivity index (χ0) is 17.1. The quantitative estimate of drug-likeness (QED) is 0.549. The number of rotatable bonds is 6. The second-order valence-corrected chi connectivity index (χ2v) is 6.26. The summed E-state index contributed by atoms with van der Waals surface area (Å²) in [5, 5.41) is 1.50. The van der Waals surface area contributed by atoms with Crippen molar-refractivity contribution in [2.24, 2.45) is 5.73 Å². The number of halogens is 3. The van der Waals surface area contributed by atoms with E-state index in [9.17, 15) is 4.79 Å². The summed E-state index contributed by atoms with van der Waals surface area (Å²) in [6.45, 7) is 6.89. The molecule has 0 saturated carbocycles. The normalized spacial score (nSPS) is 10.0. The first-order valence-electron chi connectivity index (χ1n) is 8.66. The van der Waals surface area contributed by atoms with Gasteiger partial charge in [-0.1, -0.05) is 19.1 Å². The van der Waals surface area contributed by atoms with Crippen LogP contribution >= 0.6 is 37.2 Å². The lowest BCUT2D eigenvalue weighted by Crippen LogP contribution is -2.27. The van der Waals surface area contributed by atoms with Crippen molar-refractivity contribution in [3.05, 3.63) is 52.2 Å². The van der Waals surface area contributed by atoms with E-state index in [-0.39, 0.29) is 42.6 Å². The average molecular weight is 433 g/mol. The first-order chi connectivity index (χ1) is 11.7. The fourth-order valence-corrected chi connectivity index (χ4v) is 3.37. The monoisotopic (exact) mass is 431 g/mol. The zero-order valence-corrected chi connectivity index (χ0v) is 18.1. The minimum Gasteiger partial charge on any atom is -0.371 e. The maximum Gasteiger partial charge on any atom is 0.197 e. The first kappa shape index (κ1) is 25.5. The molecule has 0 radical (unpaired) electrons. The molecule has 0 amide bonds. The summed E-state index contributed by atoms with van der Waals surface area (Å²) in [5.41, 5.74) is 9.92. The number of fused-ring (bicyclic) bond motifs is 2. The number of pyridine rings is 1. The molecule has 3 N–H and O–H groups in total. The maximum absolute atomic E-state index is 12.8. The zero-order valence-electron chi connectivity index (χ0n) is 15.7. The topological polar surface area (TPSA) is 62.1 Å². The molecule has 7 heteroatoms. The highest BCUT2D eigenvalue weighted by atomic mass is 35.5. The van der Waals surface area contributed by atoms with E-state index >= 15 is 0 Å². The summed E-state index contributed by atoms with van der Waals surface area (Å²) in [4.78, 5) is 18.6. The number of aromatic amines is 1. The van der Waals surface area contributed by atoms with Crippen LogP contribution in [0.1, 0.15) is 25.3 Å². The minimum atomic E-state index is 0. The number of aromatic nitrogens is 1. The predicted molar refractivity (Wildman–Crippen MR) is 125 cm³/mol. The molecule has 0 aliphatic heterocycles.